The van der Waals surface area contributed by atoms with E-state index in [4.69, 9.17) is 4.74 Å². The van der Waals surface area contributed by atoms with Crippen LogP contribution >= 0.6 is 0 Å². The Morgan fingerprint density at radius 3 is 2.33 bits per heavy atom. The Morgan fingerprint density at radius 2 is 1.78 bits per heavy atom. The van der Waals surface area contributed by atoms with Gasteiger partial charge in [-0.3, -0.25) is 5.32 Å². The predicted octanol–water partition coefficient (Wildman–Crippen LogP) is 3.51. The molecule has 2 nitrogen and oxygen atoms in total. The van der Waals surface area contributed by atoms with E-state index in [9.17, 15) is 0 Å². The van der Waals surface area contributed by atoms with E-state index in [-0.39, 0.29) is 11.8 Å². The van der Waals surface area contributed by atoms with E-state index in [1.807, 2.05) is 0 Å². The second kappa shape index (κ2) is 5.85. The molecule has 1 unspecified atom stereocenters. The minimum absolute atomic E-state index is 0.0104. The molecule has 1 aromatic rings. The van der Waals surface area contributed by atoms with Crippen LogP contribution in [0.15, 0.2) is 30.3 Å². The molecule has 1 fully saturated rings. The van der Waals surface area contributed by atoms with Gasteiger partial charge in [0.05, 0.1) is 5.60 Å². The van der Waals surface area contributed by atoms with Gasteiger partial charge in [0.25, 0.3) is 0 Å². The first-order chi connectivity index (χ1) is 8.74. The summed E-state index contributed by atoms with van der Waals surface area (Å²) in [6.07, 6.45) is 4.46. The molecule has 0 saturated carbocycles. The number of benzene rings is 1. The Bertz CT molecular complexity index is 359. The molecule has 1 aromatic carbocycles. The van der Waals surface area contributed by atoms with Gasteiger partial charge in [-0.2, -0.15) is 0 Å². The normalized spacial score (nSPS) is 26.4. The number of hydrogen-bond acceptors (Lipinski definition) is 2. The van der Waals surface area contributed by atoms with E-state index < -0.39 is 0 Å². The molecule has 0 amide bonds. The van der Waals surface area contributed by atoms with Crippen LogP contribution in [-0.2, 0) is 11.2 Å². The first kappa shape index (κ1) is 13.6. The highest BCUT2D eigenvalue weighted by atomic mass is 16.5. The van der Waals surface area contributed by atoms with Gasteiger partial charge in [0.15, 0.2) is 0 Å². The first-order valence-corrected chi connectivity index (χ1v) is 7.22. The molecule has 2 rings (SSSR count). The van der Waals surface area contributed by atoms with Gasteiger partial charge in [0.1, 0.15) is 6.23 Å². The molecule has 2 atom stereocenters. The average Bonchev–Trinajstić information content (AvgIpc) is 2.78. The molecule has 1 N–H and O–H groups in total. The second-order valence-electron chi connectivity index (χ2n) is 5.20. The molecule has 100 valence electrons. The molecule has 1 aliphatic heterocycles. The zero-order chi connectivity index (χ0) is 13.0. The zero-order valence-corrected chi connectivity index (χ0v) is 11.8. The number of rotatable bonds is 5. The van der Waals surface area contributed by atoms with Crippen molar-refractivity contribution in [2.24, 2.45) is 0 Å². The molecule has 0 spiro atoms. The highest BCUT2D eigenvalue weighted by molar-refractivity contribution is 5.18. The minimum Gasteiger partial charge on any atom is -0.355 e. The summed E-state index contributed by atoms with van der Waals surface area (Å²) in [5.74, 6) is 0. The van der Waals surface area contributed by atoms with E-state index in [1.54, 1.807) is 0 Å². The predicted molar refractivity (Wildman–Crippen MR) is 75.5 cm³/mol. The van der Waals surface area contributed by atoms with E-state index >= 15 is 0 Å². The van der Waals surface area contributed by atoms with Crippen molar-refractivity contribution in [2.75, 3.05) is 0 Å². The van der Waals surface area contributed by atoms with E-state index in [2.05, 4.69) is 56.4 Å². The van der Waals surface area contributed by atoms with Crippen molar-refractivity contribution >= 4 is 0 Å². The molecule has 0 radical (unpaired) electrons. The van der Waals surface area contributed by atoms with Gasteiger partial charge in [0, 0.05) is 6.04 Å². The van der Waals surface area contributed by atoms with Gasteiger partial charge in [-0.15, -0.1) is 0 Å². The van der Waals surface area contributed by atoms with Crippen molar-refractivity contribution in [3.05, 3.63) is 35.9 Å². The third-order valence-electron chi connectivity index (χ3n) is 4.25. The summed E-state index contributed by atoms with van der Waals surface area (Å²) in [4.78, 5) is 0. The third kappa shape index (κ3) is 2.60. The van der Waals surface area contributed by atoms with Crippen LogP contribution in [0.2, 0.25) is 0 Å². The van der Waals surface area contributed by atoms with Gasteiger partial charge >= 0.3 is 0 Å². The summed E-state index contributed by atoms with van der Waals surface area (Å²) >= 11 is 0. The topological polar surface area (TPSA) is 21.3 Å². The fourth-order valence-corrected chi connectivity index (χ4v) is 2.98. The van der Waals surface area contributed by atoms with Gasteiger partial charge < -0.3 is 4.74 Å². The summed E-state index contributed by atoms with van der Waals surface area (Å²) in [5, 5.41) is 3.66. The monoisotopic (exact) mass is 247 g/mol. The molecule has 0 bridgehead atoms. The maximum absolute atomic E-state index is 6.27. The highest BCUT2D eigenvalue weighted by Crippen LogP contribution is 2.34. The summed E-state index contributed by atoms with van der Waals surface area (Å²) < 4.78 is 6.27. The fraction of sp³-hybridized carbons (Fsp3) is 0.625. The fourth-order valence-electron chi connectivity index (χ4n) is 2.98. The molecular weight excluding hydrogens is 222 g/mol. The molecule has 1 heterocycles. The second-order valence-corrected chi connectivity index (χ2v) is 5.20. The van der Waals surface area contributed by atoms with Crippen LogP contribution in [0.5, 0.6) is 0 Å². The first-order valence-electron chi connectivity index (χ1n) is 7.22. The number of ether oxygens (including phenoxy) is 1. The van der Waals surface area contributed by atoms with Crippen molar-refractivity contribution in [2.45, 2.75) is 64.3 Å². The lowest BCUT2D eigenvalue weighted by Crippen LogP contribution is -2.44. The van der Waals surface area contributed by atoms with Crippen molar-refractivity contribution < 1.29 is 4.74 Å². The maximum atomic E-state index is 6.27. The summed E-state index contributed by atoms with van der Waals surface area (Å²) in [5.41, 5.74) is 1.40. The zero-order valence-electron chi connectivity index (χ0n) is 11.8. The number of nitrogens with one attached hydrogen (secondary N) is 1. The average molecular weight is 247 g/mol. The van der Waals surface area contributed by atoms with Crippen LogP contribution in [0.3, 0.4) is 0 Å². The highest BCUT2D eigenvalue weighted by Gasteiger charge is 2.44. The van der Waals surface area contributed by atoms with Crippen molar-refractivity contribution in [1.82, 2.24) is 5.32 Å². The largest absolute Gasteiger partial charge is 0.355 e. The van der Waals surface area contributed by atoms with Crippen molar-refractivity contribution in [3.63, 3.8) is 0 Å². The lowest BCUT2D eigenvalue weighted by molar-refractivity contribution is -0.0544. The van der Waals surface area contributed by atoms with Gasteiger partial charge in [-0.1, -0.05) is 51.1 Å². The maximum Gasteiger partial charge on any atom is 0.109 e. The molecule has 0 aromatic heterocycles. The van der Waals surface area contributed by atoms with E-state index in [0.29, 0.717) is 6.04 Å². The summed E-state index contributed by atoms with van der Waals surface area (Å²) in [6, 6.07) is 11.1. The molecule has 1 aliphatic rings. The quantitative estimate of drug-likeness (QED) is 0.859. The smallest absolute Gasteiger partial charge is 0.109 e. The van der Waals surface area contributed by atoms with E-state index in [1.165, 1.54) is 5.56 Å². The van der Waals surface area contributed by atoms with Crippen LogP contribution in [0.4, 0.5) is 0 Å². The van der Waals surface area contributed by atoms with Crippen molar-refractivity contribution in [3.8, 4) is 0 Å². The Labute approximate surface area is 111 Å². The minimum atomic E-state index is 0.0104. The van der Waals surface area contributed by atoms with Crippen LogP contribution in [0, 0.1) is 0 Å². The summed E-state index contributed by atoms with van der Waals surface area (Å²) in [6.45, 7) is 6.65. The number of hydrogen-bond donors (Lipinski definition) is 1. The van der Waals surface area contributed by atoms with Crippen LogP contribution in [0.25, 0.3) is 0 Å². The molecule has 1 saturated heterocycles. The van der Waals surface area contributed by atoms with Gasteiger partial charge in [-0.05, 0) is 31.2 Å². The Hall–Kier alpha value is -0.860. The Morgan fingerprint density at radius 1 is 1.11 bits per heavy atom. The molecule has 18 heavy (non-hydrogen) atoms. The Kier molecular flexibility index (Phi) is 4.41. The standard InChI is InChI=1S/C16H25NO/c1-4-15-17-14(16(5-2,6-3)18-15)12-13-10-8-7-9-11-13/h7-11,14-15,17H,4-6,12H2,1-3H3/t14-,15?/m0/s1. The van der Waals surface area contributed by atoms with Gasteiger partial charge in [0.2, 0.25) is 0 Å². The molecular formula is C16H25NO. The summed E-state index contributed by atoms with van der Waals surface area (Å²) in [7, 11) is 0. The SMILES string of the molecule is CCC1N[C@@H](Cc2ccccc2)C(CC)(CC)O1. The van der Waals surface area contributed by atoms with Crippen LogP contribution in [0.1, 0.15) is 45.6 Å². The lowest BCUT2D eigenvalue weighted by Gasteiger charge is -2.32. The van der Waals surface area contributed by atoms with Gasteiger partial charge in [-0.25, -0.2) is 0 Å². The third-order valence-corrected chi connectivity index (χ3v) is 4.25. The molecule has 2 heteroatoms. The Balaban J connectivity index is 2.14. The van der Waals surface area contributed by atoms with E-state index in [0.717, 1.165) is 25.7 Å². The van der Waals surface area contributed by atoms with Crippen LogP contribution < -0.4 is 5.32 Å². The van der Waals surface area contributed by atoms with Crippen molar-refractivity contribution in [1.29, 1.82) is 0 Å². The molecule has 0 aliphatic carbocycles. The van der Waals surface area contributed by atoms with Crippen LogP contribution in [-0.4, -0.2) is 17.9 Å². The lowest BCUT2D eigenvalue weighted by atomic mass is 9.85.